The first kappa shape index (κ1) is 8.00. The Hall–Kier alpha value is -0.100. The number of rotatable bonds is 0. The Morgan fingerprint density at radius 2 is 2.10 bits per heavy atom. The zero-order valence-corrected chi connectivity index (χ0v) is 6.77. The van der Waals surface area contributed by atoms with Crippen LogP contribution in [0.2, 0.25) is 0 Å². The lowest BCUT2D eigenvalue weighted by atomic mass is 10.5. The summed E-state index contributed by atoms with van der Waals surface area (Å²) in [5.41, 5.74) is 2.13. The smallest absolute Gasteiger partial charge is 0.226 e. The molecule has 1 nitrogen and oxygen atoms in total. The van der Waals surface area contributed by atoms with Gasteiger partial charge in [-0.2, -0.15) is 13.2 Å². The molecule has 0 spiro atoms. The van der Waals surface area contributed by atoms with Gasteiger partial charge in [0.15, 0.2) is 5.51 Å². The summed E-state index contributed by atoms with van der Waals surface area (Å²) in [5, 5.41) is 0. The highest BCUT2D eigenvalue weighted by molar-refractivity contribution is 9.10. The van der Waals surface area contributed by atoms with Gasteiger partial charge in [0.05, 0.1) is 0 Å². The fraction of sp³-hybridized carbons (Fsp3) is 0.250. The molecule has 0 atom stereocenters. The van der Waals surface area contributed by atoms with Crippen LogP contribution in [0.1, 0.15) is 4.88 Å². The molecule has 10 heavy (non-hydrogen) atoms. The van der Waals surface area contributed by atoms with Gasteiger partial charge in [-0.25, -0.2) is 4.98 Å². The Morgan fingerprint density at radius 3 is 2.30 bits per heavy atom. The summed E-state index contributed by atoms with van der Waals surface area (Å²) < 4.78 is 35.2. The van der Waals surface area contributed by atoms with Crippen molar-refractivity contribution in [3.8, 4) is 0 Å². The first-order valence-corrected chi connectivity index (χ1v) is 3.72. The van der Waals surface area contributed by atoms with Gasteiger partial charge in [0.25, 0.3) is 0 Å². The molecule has 0 fully saturated rings. The van der Waals surface area contributed by atoms with Crippen molar-refractivity contribution in [1.82, 2.24) is 4.98 Å². The van der Waals surface area contributed by atoms with Crippen LogP contribution in [-0.4, -0.2) is 4.98 Å². The molecule has 1 heterocycles. The average Bonchev–Trinajstić information content (AvgIpc) is 2.11. The molecule has 55 valence electrons. The van der Waals surface area contributed by atoms with Gasteiger partial charge in [-0.05, 0) is 15.9 Å². The molecule has 6 heteroatoms. The minimum atomic E-state index is -4.31. The summed E-state index contributed by atoms with van der Waals surface area (Å²) in [6.07, 6.45) is -4.31. The predicted molar refractivity (Wildman–Crippen MR) is 33.7 cm³/mol. The third-order valence-electron chi connectivity index (χ3n) is 0.736. The van der Waals surface area contributed by atoms with E-state index in [4.69, 9.17) is 0 Å². The summed E-state index contributed by atoms with van der Waals surface area (Å²) in [5.74, 6) is 0. The van der Waals surface area contributed by atoms with Crippen molar-refractivity contribution in [1.29, 1.82) is 0 Å². The van der Waals surface area contributed by atoms with Crippen LogP contribution < -0.4 is 0 Å². The second-order valence-corrected chi connectivity index (χ2v) is 2.97. The van der Waals surface area contributed by atoms with Gasteiger partial charge in [0.2, 0.25) is 0 Å². The van der Waals surface area contributed by atoms with E-state index in [2.05, 4.69) is 26.4 Å². The highest BCUT2D eigenvalue weighted by Crippen LogP contribution is 2.36. The fourth-order valence-corrected chi connectivity index (χ4v) is 1.52. The first-order chi connectivity index (χ1) is 4.52. The van der Waals surface area contributed by atoms with E-state index < -0.39 is 11.1 Å². The molecule has 0 unspecified atom stereocenters. The van der Waals surface area contributed by atoms with Crippen LogP contribution in [0.15, 0.2) is 4.60 Å². The zero-order valence-electron chi connectivity index (χ0n) is 4.37. The highest BCUT2D eigenvalue weighted by Gasteiger charge is 2.35. The second-order valence-electron chi connectivity index (χ2n) is 1.42. The number of thiazole rings is 1. The largest absolute Gasteiger partial charge is 0.428 e. The van der Waals surface area contributed by atoms with Gasteiger partial charge in [0, 0.05) is 0 Å². The average molecular weight is 231 g/mol. The number of aromatic nitrogens is 1. The molecule has 1 radical (unpaired) electrons. The van der Waals surface area contributed by atoms with E-state index >= 15 is 0 Å². The molecule has 0 aliphatic heterocycles. The van der Waals surface area contributed by atoms with Crippen LogP contribution in [0, 0.1) is 5.51 Å². The Labute approximate surface area is 67.0 Å². The Bertz CT molecular complexity index is 231. The van der Waals surface area contributed by atoms with Crippen molar-refractivity contribution in [3.63, 3.8) is 0 Å². The zero-order chi connectivity index (χ0) is 7.78. The number of halogens is 4. The van der Waals surface area contributed by atoms with Crippen molar-refractivity contribution in [2.45, 2.75) is 6.18 Å². The molecule has 0 aliphatic rings. The van der Waals surface area contributed by atoms with E-state index in [1.807, 2.05) is 0 Å². The minimum absolute atomic E-state index is 0.190. The summed E-state index contributed by atoms with van der Waals surface area (Å²) in [6.45, 7) is 0. The van der Waals surface area contributed by atoms with Crippen LogP contribution in [0.25, 0.3) is 0 Å². The van der Waals surface area contributed by atoms with Crippen LogP contribution >= 0.6 is 27.3 Å². The number of hydrogen-bond donors (Lipinski definition) is 0. The minimum Gasteiger partial charge on any atom is -0.226 e. The van der Waals surface area contributed by atoms with E-state index in [-0.39, 0.29) is 4.60 Å². The maximum absolute atomic E-state index is 11.8. The molecule has 0 aliphatic carbocycles. The van der Waals surface area contributed by atoms with E-state index in [1.165, 1.54) is 0 Å². The molecule has 0 saturated carbocycles. The maximum atomic E-state index is 11.8. The molecule has 1 rings (SSSR count). The Morgan fingerprint density at radius 1 is 1.50 bits per heavy atom. The molecule has 1 aromatic rings. The summed E-state index contributed by atoms with van der Waals surface area (Å²) in [4.78, 5) is 2.53. The lowest BCUT2D eigenvalue weighted by Crippen LogP contribution is -2.02. The topological polar surface area (TPSA) is 12.9 Å². The van der Waals surface area contributed by atoms with E-state index in [9.17, 15) is 13.2 Å². The van der Waals surface area contributed by atoms with E-state index in [1.54, 1.807) is 0 Å². The summed E-state index contributed by atoms with van der Waals surface area (Å²) >= 11 is 3.10. The Kier molecular flexibility index (Phi) is 2.00. The van der Waals surface area contributed by atoms with Gasteiger partial charge >= 0.3 is 6.18 Å². The monoisotopic (exact) mass is 230 g/mol. The molecule has 1 aromatic heterocycles. The highest BCUT2D eigenvalue weighted by atomic mass is 79.9. The first-order valence-electron chi connectivity index (χ1n) is 2.11. The van der Waals surface area contributed by atoms with Gasteiger partial charge in [-0.1, -0.05) is 0 Å². The number of alkyl halides is 3. The van der Waals surface area contributed by atoms with Gasteiger partial charge < -0.3 is 0 Å². The molecule has 0 amide bonds. The van der Waals surface area contributed by atoms with Crippen LogP contribution in [-0.2, 0) is 6.18 Å². The van der Waals surface area contributed by atoms with Crippen LogP contribution in [0.3, 0.4) is 0 Å². The van der Waals surface area contributed by atoms with Gasteiger partial charge in [-0.15, -0.1) is 11.3 Å². The van der Waals surface area contributed by atoms with E-state index in [0.29, 0.717) is 11.3 Å². The standard InChI is InChI=1S/C4BrF3NS/c5-3-2(4(6,7)8)10-1-9-3. The molecule has 0 N–H and O–H groups in total. The van der Waals surface area contributed by atoms with Crippen molar-refractivity contribution in [3.05, 3.63) is 15.0 Å². The summed E-state index contributed by atoms with van der Waals surface area (Å²) in [7, 11) is 0. The number of hydrogen-bond acceptors (Lipinski definition) is 2. The third kappa shape index (κ3) is 1.49. The third-order valence-corrected chi connectivity index (χ3v) is 2.38. The van der Waals surface area contributed by atoms with Gasteiger partial charge in [0.1, 0.15) is 9.48 Å². The molecule has 0 aromatic carbocycles. The van der Waals surface area contributed by atoms with Crippen molar-refractivity contribution in [2.75, 3.05) is 0 Å². The Balaban J connectivity index is 3.05. The fourth-order valence-electron chi connectivity index (χ4n) is 0.376. The number of nitrogens with zero attached hydrogens (tertiary/aromatic N) is 1. The SMILES string of the molecule is FC(F)(F)c1s[c]nc1Br. The molecular weight excluding hydrogens is 231 g/mol. The van der Waals surface area contributed by atoms with E-state index in [0.717, 1.165) is 0 Å². The van der Waals surface area contributed by atoms with Crippen molar-refractivity contribution < 1.29 is 13.2 Å². The van der Waals surface area contributed by atoms with Crippen molar-refractivity contribution >= 4 is 27.3 Å². The quantitative estimate of drug-likeness (QED) is 0.668. The molecular formula is C4BrF3NS. The summed E-state index contributed by atoms with van der Waals surface area (Å²) in [6, 6.07) is 0. The van der Waals surface area contributed by atoms with Crippen LogP contribution in [0.5, 0.6) is 0 Å². The maximum Gasteiger partial charge on any atom is 0.428 e. The second kappa shape index (κ2) is 2.50. The normalized spacial score (nSPS) is 12.0. The van der Waals surface area contributed by atoms with Gasteiger partial charge in [-0.3, -0.25) is 0 Å². The molecule has 0 saturated heterocycles. The predicted octanol–water partition coefficient (Wildman–Crippen LogP) is 2.72. The van der Waals surface area contributed by atoms with Crippen LogP contribution in [0.4, 0.5) is 13.2 Å². The lowest BCUT2D eigenvalue weighted by molar-refractivity contribution is -0.135. The van der Waals surface area contributed by atoms with Crippen molar-refractivity contribution in [2.24, 2.45) is 0 Å². The molecule has 0 bridgehead atoms. The lowest BCUT2D eigenvalue weighted by Gasteiger charge is -2.00.